The zero-order valence-corrected chi connectivity index (χ0v) is 11.0. The number of H-pyrrole nitrogens is 1. The van der Waals surface area contributed by atoms with E-state index in [0.29, 0.717) is 11.3 Å². The number of aromatic amines is 1. The zero-order valence-electron chi connectivity index (χ0n) is 11.0. The van der Waals surface area contributed by atoms with Crippen LogP contribution in [0.25, 0.3) is 0 Å². The van der Waals surface area contributed by atoms with Gasteiger partial charge in [-0.1, -0.05) is 0 Å². The Labute approximate surface area is 120 Å². The molecule has 1 aliphatic rings. The maximum atomic E-state index is 12.0. The number of rotatable bonds is 4. The van der Waals surface area contributed by atoms with Gasteiger partial charge in [0.15, 0.2) is 12.4 Å². The molecule has 1 amide bonds. The minimum absolute atomic E-state index is 0.0900. The first-order valence-corrected chi connectivity index (χ1v) is 6.40. The van der Waals surface area contributed by atoms with E-state index in [1.807, 2.05) is 0 Å². The number of ether oxygens (including phenoxy) is 1. The standard InChI is InChI=1S/C15H12N2O4/c18-13(8-21-15(20)12-2-1-5-16-12)9-3-4-11-10(6-9)7-14(19)17-11/h1-6,16H,7-8H2,(H,17,19). The number of aromatic nitrogens is 1. The van der Waals surface area contributed by atoms with Crippen LogP contribution in [0.3, 0.4) is 0 Å². The van der Waals surface area contributed by atoms with Crippen LogP contribution < -0.4 is 5.32 Å². The highest BCUT2D eigenvalue weighted by atomic mass is 16.5. The van der Waals surface area contributed by atoms with E-state index >= 15 is 0 Å². The average molecular weight is 284 g/mol. The first-order chi connectivity index (χ1) is 10.1. The Morgan fingerprint density at radius 1 is 1.24 bits per heavy atom. The van der Waals surface area contributed by atoms with E-state index in [9.17, 15) is 14.4 Å². The van der Waals surface area contributed by atoms with Gasteiger partial charge in [0.25, 0.3) is 0 Å². The second-order valence-electron chi connectivity index (χ2n) is 4.68. The van der Waals surface area contributed by atoms with Gasteiger partial charge in [-0.25, -0.2) is 4.79 Å². The van der Waals surface area contributed by atoms with Gasteiger partial charge in [-0.15, -0.1) is 0 Å². The van der Waals surface area contributed by atoms with Crippen molar-refractivity contribution in [3.05, 3.63) is 53.3 Å². The number of esters is 1. The van der Waals surface area contributed by atoms with Crippen LogP contribution in [-0.4, -0.2) is 29.3 Å². The van der Waals surface area contributed by atoms with Gasteiger partial charge in [-0.05, 0) is 35.9 Å². The van der Waals surface area contributed by atoms with Gasteiger partial charge in [0.2, 0.25) is 5.91 Å². The monoisotopic (exact) mass is 284 g/mol. The molecule has 0 saturated carbocycles. The number of Topliss-reactive ketones (excluding diaryl/α,β-unsaturated/α-hetero) is 1. The smallest absolute Gasteiger partial charge is 0.355 e. The fraction of sp³-hybridized carbons (Fsp3) is 0.133. The lowest BCUT2D eigenvalue weighted by atomic mass is 10.1. The van der Waals surface area contributed by atoms with Crippen LogP contribution in [0.15, 0.2) is 36.5 Å². The third-order valence-electron chi connectivity index (χ3n) is 3.20. The van der Waals surface area contributed by atoms with Crippen molar-refractivity contribution in [1.29, 1.82) is 0 Å². The number of carbonyl (C=O) groups excluding carboxylic acids is 3. The van der Waals surface area contributed by atoms with Crippen molar-refractivity contribution in [2.24, 2.45) is 0 Å². The van der Waals surface area contributed by atoms with E-state index in [1.54, 1.807) is 36.5 Å². The van der Waals surface area contributed by atoms with E-state index in [-0.39, 0.29) is 24.7 Å². The maximum absolute atomic E-state index is 12.0. The third-order valence-corrected chi connectivity index (χ3v) is 3.20. The highest BCUT2D eigenvalue weighted by Gasteiger charge is 2.19. The van der Waals surface area contributed by atoms with Crippen LogP contribution in [0.1, 0.15) is 26.4 Å². The summed E-state index contributed by atoms with van der Waals surface area (Å²) >= 11 is 0. The van der Waals surface area contributed by atoms with Crippen molar-refractivity contribution in [2.75, 3.05) is 11.9 Å². The van der Waals surface area contributed by atoms with Gasteiger partial charge < -0.3 is 15.0 Å². The summed E-state index contributed by atoms with van der Waals surface area (Å²) in [5.41, 5.74) is 2.22. The van der Waals surface area contributed by atoms with E-state index in [4.69, 9.17) is 4.74 Å². The minimum atomic E-state index is -0.577. The summed E-state index contributed by atoms with van der Waals surface area (Å²) in [6.45, 7) is -0.335. The Kier molecular flexibility index (Phi) is 3.27. The van der Waals surface area contributed by atoms with Crippen molar-refractivity contribution in [3.63, 3.8) is 0 Å². The number of anilines is 1. The fourth-order valence-corrected chi connectivity index (χ4v) is 2.15. The minimum Gasteiger partial charge on any atom is -0.453 e. The van der Waals surface area contributed by atoms with Gasteiger partial charge in [0.1, 0.15) is 5.69 Å². The van der Waals surface area contributed by atoms with Crippen molar-refractivity contribution in [2.45, 2.75) is 6.42 Å². The molecule has 106 valence electrons. The van der Waals surface area contributed by atoms with Crippen LogP contribution in [-0.2, 0) is 16.0 Å². The summed E-state index contributed by atoms with van der Waals surface area (Å²) in [7, 11) is 0. The predicted molar refractivity (Wildman–Crippen MR) is 74.2 cm³/mol. The first kappa shape index (κ1) is 13.1. The Morgan fingerprint density at radius 2 is 2.10 bits per heavy atom. The fourth-order valence-electron chi connectivity index (χ4n) is 2.15. The molecule has 0 unspecified atom stereocenters. The Morgan fingerprint density at radius 3 is 2.86 bits per heavy atom. The molecule has 0 spiro atoms. The molecule has 0 radical (unpaired) electrons. The lowest BCUT2D eigenvalue weighted by molar-refractivity contribution is -0.115. The second-order valence-corrected chi connectivity index (χ2v) is 4.68. The van der Waals surface area contributed by atoms with Crippen molar-refractivity contribution >= 4 is 23.3 Å². The molecule has 3 rings (SSSR count). The molecule has 0 atom stereocenters. The largest absolute Gasteiger partial charge is 0.453 e. The SMILES string of the molecule is O=C1Cc2cc(C(=O)COC(=O)c3ccc[nH]3)ccc2N1. The Hall–Kier alpha value is -2.89. The van der Waals surface area contributed by atoms with E-state index in [0.717, 1.165) is 11.3 Å². The summed E-state index contributed by atoms with van der Waals surface area (Å²) in [5.74, 6) is -0.976. The average Bonchev–Trinajstić information content (AvgIpc) is 3.11. The van der Waals surface area contributed by atoms with Crippen LogP contribution in [0.5, 0.6) is 0 Å². The molecule has 21 heavy (non-hydrogen) atoms. The molecule has 1 aromatic carbocycles. The van der Waals surface area contributed by atoms with Gasteiger partial charge in [-0.3, -0.25) is 9.59 Å². The van der Waals surface area contributed by atoms with Crippen LogP contribution in [0, 0.1) is 0 Å². The summed E-state index contributed by atoms with van der Waals surface area (Å²) in [6, 6.07) is 8.18. The Bertz CT molecular complexity index is 719. The number of fused-ring (bicyclic) bond motifs is 1. The molecule has 0 bridgehead atoms. The third kappa shape index (κ3) is 2.69. The molecule has 6 nitrogen and oxygen atoms in total. The molecule has 6 heteroatoms. The maximum Gasteiger partial charge on any atom is 0.355 e. The number of ketones is 1. The van der Waals surface area contributed by atoms with Crippen molar-refractivity contribution in [3.8, 4) is 0 Å². The van der Waals surface area contributed by atoms with Gasteiger partial charge in [-0.2, -0.15) is 0 Å². The first-order valence-electron chi connectivity index (χ1n) is 6.40. The lowest BCUT2D eigenvalue weighted by Gasteiger charge is -2.05. The molecule has 2 heterocycles. The molecule has 0 aliphatic carbocycles. The highest BCUT2D eigenvalue weighted by Crippen LogP contribution is 2.24. The van der Waals surface area contributed by atoms with E-state index < -0.39 is 5.97 Å². The lowest BCUT2D eigenvalue weighted by Crippen LogP contribution is -2.14. The van der Waals surface area contributed by atoms with E-state index in [2.05, 4.69) is 10.3 Å². The molecule has 0 saturated heterocycles. The number of amides is 1. The Balaban J connectivity index is 1.65. The van der Waals surface area contributed by atoms with Crippen molar-refractivity contribution < 1.29 is 19.1 Å². The summed E-state index contributed by atoms with van der Waals surface area (Å²) in [6.07, 6.45) is 1.86. The molecular formula is C15H12N2O4. The van der Waals surface area contributed by atoms with Crippen LogP contribution in [0.2, 0.25) is 0 Å². The van der Waals surface area contributed by atoms with Gasteiger partial charge in [0.05, 0.1) is 6.42 Å². The molecule has 2 N–H and O–H groups in total. The normalized spacial score (nSPS) is 12.7. The van der Waals surface area contributed by atoms with Crippen LogP contribution >= 0.6 is 0 Å². The summed E-state index contributed by atoms with van der Waals surface area (Å²) in [5, 5.41) is 2.69. The molecule has 1 aromatic heterocycles. The summed E-state index contributed by atoms with van der Waals surface area (Å²) in [4.78, 5) is 37.6. The quantitative estimate of drug-likeness (QED) is 0.658. The number of hydrogen-bond acceptors (Lipinski definition) is 4. The topological polar surface area (TPSA) is 88.3 Å². The zero-order chi connectivity index (χ0) is 14.8. The van der Waals surface area contributed by atoms with E-state index in [1.165, 1.54) is 0 Å². The number of carbonyl (C=O) groups is 3. The van der Waals surface area contributed by atoms with Gasteiger partial charge >= 0.3 is 5.97 Å². The molecular weight excluding hydrogens is 272 g/mol. The molecule has 2 aromatic rings. The molecule has 1 aliphatic heterocycles. The molecule has 0 fully saturated rings. The van der Waals surface area contributed by atoms with Crippen molar-refractivity contribution in [1.82, 2.24) is 4.98 Å². The highest BCUT2D eigenvalue weighted by molar-refractivity contribution is 6.03. The van der Waals surface area contributed by atoms with Crippen LogP contribution in [0.4, 0.5) is 5.69 Å². The number of nitrogens with one attached hydrogen (secondary N) is 2. The predicted octanol–water partition coefficient (Wildman–Crippen LogP) is 1.55. The van der Waals surface area contributed by atoms with Gasteiger partial charge in [0, 0.05) is 17.4 Å². The summed E-state index contributed by atoms with van der Waals surface area (Å²) < 4.78 is 4.94. The second kappa shape index (κ2) is 5.24. The number of hydrogen-bond donors (Lipinski definition) is 2. The number of benzene rings is 1.